The fraction of sp³-hybridized carbons (Fsp3) is 0.588. The van der Waals surface area contributed by atoms with Gasteiger partial charge in [0.05, 0.1) is 6.61 Å². The Morgan fingerprint density at radius 1 is 1.24 bits per heavy atom. The van der Waals surface area contributed by atoms with E-state index in [9.17, 15) is 4.79 Å². The first kappa shape index (κ1) is 15.8. The van der Waals surface area contributed by atoms with Gasteiger partial charge in [-0.25, -0.2) is 0 Å². The van der Waals surface area contributed by atoms with E-state index in [1.54, 1.807) is 29.2 Å². The minimum absolute atomic E-state index is 0.0172. The van der Waals surface area contributed by atoms with Crippen LogP contribution in [0.1, 0.15) is 37.7 Å². The van der Waals surface area contributed by atoms with Crippen molar-refractivity contribution >= 4 is 5.91 Å². The molecule has 0 bridgehead atoms. The van der Waals surface area contributed by atoms with Gasteiger partial charge in [0.15, 0.2) is 6.61 Å². The average molecular weight is 291 g/mol. The first-order valence-electron chi connectivity index (χ1n) is 7.75. The molecule has 1 aliphatic rings. The van der Waals surface area contributed by atoms with Crippen LogP contribution in [0.2, 0.25) is 0 Å². The van der Waals surface area contributed by atoms with Crippen LogP contribution in [0.5, 0.6) is 5.75 Å². The molecule has 116 valence electrons. The zero-order chi connectivity index (χ0) is 15.1. The number of rotatable bonds is 6. The Labute approximate surface area is 126 Å². The molecule has 4 heteroatoms. The van der Waals surface area contributed by atoms with Gasteiger partial charge in [0, 0.05) is 13.6 Å². The van der Waals surface area contributed by atoms with Gasteiger partial charge in [-0.2, -0.15) is 0 Å². The Bertz CT molecular complexity index is 438. The van der Waals surface area contributed by atoms with E-state index in [1.807, 2.05) is 7.05 Å². The molecular formula is C17H25NO3. The number of hydrogen-bond donors (Lipinski definition) is 1. The summed E-state index contributed by atoms with van der Waals surface area (Å²) < 4.78 is 5.50. The second-order valence-corrected chi connectivity index (χ2v) is 5.87. The Morgan fingerprint density at radius 3 is 2.52 bits per heavy atom. The molecule has 0 aliphatic heterocycles. The van der Waals surface area contributed by atoms with E-state index in [-0.39, 0.29) is 19.1 Å². The van der Waals surface area contributed by atoms with Crippen LogP contribution < -0.4 is 4.74 Å². The maximum Gasteiger partial charge on any atom is 0.260 e. The van der Waals surface area contributed by atoms with Crippen LogP contribution in [0.4, 0.5) is 0 Å². The molecule has 21 heavy (non-hydrogen) atoms. The normalized spacial score (nSPS) is 15.7. The number of benzene rings is 1. The predicted molar refractivity (Wildman–Crippen MR) is 82.1 cm³/mol. The molecule has 1 aromatic rings. The number of likely N-dealkylation sites (N-methyl/N-ethyl adjacent to an activating group) is 1. The van der Waals surface area contributed by atoms with Crippen molar-refractivity contribution in [2.75, 3.05) is 20.2 Å². The molecule has 1 aromatic carbocycles. The molecule has 0 spiro atoms. The van der Waals surface area contributed by atoms with E-state index in [0.29, 0.717) is 11.7 Å². The Hall–Kier alpha value is -1.55. The molecule has 1 N–H and O–H groups in total. The van der Waals surface area contributed by atoms with E-state index in [1.165, 1.54) is 32.1 Å². The molecule has 0 heterocycles. The number of carbonyl (C=O) groups is 1. The van der Waals surface area contributed by atoms with Crippen LogP contribution in [-0.4, -0.2) is 36.1 Å². The van der Waals surface area contributed by atoms with Crippen LogP contribution in [0.3, 0.4) is 0 Å². The summed E-state index contributed by atoms with van der Waals surface area (Å²) in [5.41, 5.74) is 0.836. The highest BCUT2D eigenvalue weighted by Gasteiger charge is 2.18. The van der Waals surface area contributed by atoms with Gasteiger partial charge in [-0.15, -0.1) is 0 Å². The number of carbonyl (C=O) groups excluding carboxylic acids is 1. The van der Waals surface area contributed by atoms with Crippen molar-refractivity contribution in [1.29, 1.82) is 0 Å². The van der Waals surface area contributed by atoms with Gasteiger partial charge in [-0.05, 0) is 36.5 Å². The van der Waals surface area contributed by atoms with Crippen molar-refractivity contribution in [2.24, 2.45) is 5.92 Å². The minimum Gasteiger partial charge on any atom is -0.484 e. The third-order valence-corrected chi connectivity index (χ3v) is 4.15. The summed E-state index contributed by atoms with van der Waals surface area (Å²) in [6.07, 6.45) is 6.39. The maximum absolute atomic E-state index is 12.1. The highest BCUT2D eigenvalue weighted by atomic mass is 16.5. The molecule has 4 nitrogen and oxygen atoms in total. The van der Waals surface area contributed by atoms with Gasteiger partial charge >= 0.3 is 0 Å². The lowest BCUT2D eigenvalue weighted by molar-refractivity contribution is -0.132. The van der Waals surface area contributed by atoms with E-state index in [4.69, 9.17) is 9.84 Å². The van der Waals surface area contributed by atoms with Gasteiger partial charge in [-0.1, -0.05) is 31.4 Å². The van der Waals surface area contributed by atoms with Crippen molar-refractivity contribution in [2.45, 2.75) is 38.7 Å². The van der Waals surface area contributed by atoms with E-state index in [0.717, 1.165) is 12.1 Å². The summed E-state index contributed by atoms with van der Waals surface area (Å²) in [5.74, 6) is 1.33. The number of ether oxygens (including phenoxy) is 1. The fourth-order valence-electron chi connectivity index (χ4n) is 2.81. The molecule has 1 saturated carbocycles. The molecule has 1 amide bonds. The third kappa shape index (κ3) is 5.05. The number of aliphatic hydroxyl groups is 1. The first-order valence-corrected chi connectivity index (χ1v) is 7.75. The van der Waals surface area contributed by atoms with Crippen molar-refractivity contribution in [1.82, 2.24) is 4.90 Å². The Morgan fingerprint density at radius 2 is 1.90 bits per heavy atom. The van der Waals surface area contributed by atoms with E-state index >= 15 is 0 Å². The molecule has 0 unspecified atom stereocenters. The lowest BCUT2D eigenvalue weighted by atomic mass is 9.89. The second kappa shape index (κ2) is 8.03. The zero-order valence-electron chi connectivity index (χ0n) is 12.8. The van der Waals surface area contributed by atoms with Crippen LogP contribution >= 0.6 is 0 Å². The monoisotopic (exact) mass is 291 g/mol. The molecule has 0 saturated heterocycles. The number of aliphatic hydroxyl groups excluding tert-OH is 1. The highest BCUT2D eigenvalue weighted by Crippen LogP contribution is 2.24. The Balaban J connectivity index is 1.74. The van der Waals surface area contributed by atoms with Gasteiger partial charge in [0.25, 0.3) is 5.91 Å². The lowest BCUT2D eigenvalue weighted by Crippen LogP contribution is -2.35. The minimum atomic E-state index is 0.0172. The van der Waals surface area contributed by atoms with E-state index < -0.39 is 0 Å². The average Bonchev–Trinajstić information content (AvgIpc) is 2.54. The second-order valence-electron chi connectivity index (χ2n) is 5.87. The largest absolute Gasteiger partial charge is 0.484 e. The zero-order valence-corrected chi connectivity index (χ0v) is 12.8. The standard InChI is InChI=1S/C17H25NO3/c1-18(11-14-5-3-2-4-6-14)17(20)13-21-16-9-7-15(12-19)8-10-16/h7-10,14,19H,2-6,11-13H2,1H3. The van der Waals surface area contributed by atoms with Crippen molar-refractivity contribution in [3.05, 3.63) is 29.8 Å². The number of hydrogen-bond acceptors (Lipinski definition) is 3. The number of nitrogens with zero attached hydrogens (tertiary/aromatic N) is 1. The Kier molecular flexibility index (Phi) is 6.05. The molecule has 0 atom stereocenters. The lowest BCUT2D eigenvalue weighted by Gasteiger charge is -2.27. The molecule has 0 aromatic heterocycles. The summed E-state index contributed by atoms with van der Waals surface area (Å²) in [5, 5.41) is 8.97. The van der Waals surface area contributed by atoms with Crippen LogP contribution in [-0.2, 0) is 11.4 Å². The van der Waals surface area contributed by atoms with E-state index in [2.05, 4.69) is 0 Å². The first-order chi connectivity index (χ1) is 10.2. The molecule has 2 rings (SSSR count). The van der Waals surface area contributed by atoms with Crippen molar-refractivity contribution < 1.29 is 14.6 Å². The maximum atomic E-state index is 12.1. The molecule has 0 radical (unpaired) electrons. The summed E-state index contributed by atoms with van der Waals surface area (Å²) in [4.78, 5) is 13.9. The molecule has 1 aliphatic carbocycles. The van der Waals surface area contributed by atoms with Crippen LogP contribution in [0, 0.1) is 5.92 Å². The topological polar surface area (TPSA) is 49.8 Å². The third-order valence-electron chi connectivity index (χ3n) is 4.15. The molecular weight excluding hydrogens is 266 g/mol. The summed E-state index contributed by atoms with van der Waals surface area (Å²) >= 11 is 0. The fourth-order valence-corrected chi connectivity index (χ4v) is 2.81. The SMILES string of the molecule is CN(CC1CCCCC1)C(=O)COc1ccc(CO)cc1. The highest BCUT2D eigenvalue weighted by molar-refractivity contribution is 5.77. The summed E-state index contributed by atoms with van der Waals surface area (Å²) in [7, 11) is 1.86. The van der Waals surface area contributed by atoms with Gasteiger partial charge < -0.3 is 14.7 Å². The van der Waals surface area contributed by atoms with Gasteiger partial charge in [0.2, 0.25) is 0 Å². The summed E-state index contributed by atoms with van der Waals surface area (Å²) in [6.45, 7) is 0.927. The molecule has 1 fully saturated rings. The van der Waals surface area contributed by atoms with Gasteiger partial charge in [-0.3, -0.25) is 4.79 Å². The predicted octanol–water partition coefficient (Wildman–Crippen LogP) is 2.60. The summed E-state index contributed by atoms with van der Waals surface area (Å²) in [6, 6.07) is 7.15. The van der Waals surface area contributed by atoms with Crippen LogP contribution in [0.25, 0.3) is 0 Å². The van der Waals surface area contributed by atoms with Gasteiger partial charge in [0.1, 0.15) is 5.75 Å². The van der Waals surface area contributed by atoms with Crippen molar-refractivity contribution in [3.63, 3.8) is 0 Å². The quantitative estimate of drug-likeness (QED) is 0.876. The van der Waals surface area contributed by atoms with Crippen molar-refractivity contribution in [3.8, 4) is 5.75 Å². The number of amides is 1. The smallest absolute Gasteiger partial charge is 0.260 e. The van der Waals surface area contributed by atoms with Crippen LogP contribution in [0.15, 0.2) is 24.3 Å².